The first-order valence-electron chi connectivity index (χ1n) is 12.9. The van der Waals surface area contributed by atoms with Crippen molar-refractivity contribution in [2.45, 2.75) is 75.4 Å². The van der Waals surface area contributed by atoms with E-state index in [0.29, 0.717) is 5.92 Å². The number of urea groups is 1. The molecule has 6 nitrogen and oxygen atoms in total. The van der Waals surface area contributed by atoms with Crippen molar-refractivity contribution in [1.29, 1.82) is 0 Å². The van der Waals surface area contributed by atoms with E-state index in [1.54, 1.807) is 6.92 Å². The standard InChI is InChI=1S/C27H40N4O2/c1-21(32)29-17-11-24(12-18-29)30-20-26(31(25(30)33)19-22-9-10-22)13-15-27(16-14-26,28(2)3)23-7-5-4-6-8-23/h4-8,22,24H,9-20H2,1-3H3/t26-,27+. The van der Waals surface area contributed by atoms with Gasteiger partial charge in [0.2, 0.25) is 5.91 Å². The normalized spacial score (nSPS) is 31.2. The van der Waals surface area contributed by atoms with Crippen LogP contribution in [0.4, 0.5) is 4.79 Å². The molecule has 2 aliphatic carbocycles. The molecule has 6 heteroatoms. The van der Waals surface area contributed by atoms with Crippen LogP contribution >= 0.6 is 0 Å². The molecule has 0 radical (unpaired) electrons. The number of hydrogen-bond donors (Lipinski definition) is 0. The summed E-state index contributed by atoms with van der Waals surface area (Å²) >= 11 is 0. The van der Waals surface area contributed by atoms with Crippen molar-refractivity contribution >= 4 is 11.9 Å². The molecule has 4 aliphatic rings. The molecule has 4 fully saturated rings. The van der Waals surface area contributed by atoms with Crippen LogP contribution in [-0.2, 0) is 10.3 Å². The zero-order valence-electron chi connectivity index (χ0n) is 20.6. The van der Waals surface area contributed by atoms with Crippen LogP contribution in [0.15, 0.2) is 30.3 Å². The molecule has 180 valence electrons. The predicted molar refractivity (Wildman–Crippen MR) is 130 cm³/mol. The lowest BCUT2D eigenvalue weighted by Gasteiger charge is -2.51. The third kappa shape index (κ3) is 4.05. The van der Waals surface area contributed by atoms with Crippen LogP contribution < -0.4 is 0 Å². The number of nitrogens with zero attached hydrogens (tertiary/aromatic N) is 4. The number of benzene rings is 1. The lowest BCUT2D eigenvalue weighted by Crippen LogP contribution is -2.55. The van der Waals surface area contributed by atoms with Gasteiger partial charge in [-0.25, -0.2) is 4.79 Å². The van der Waals surface area contributed by atoms with Crippen molar-refractivity contribution in [2.24, 2.45) is 5.92 Å². The Kier molecular flexibility index (Phi) is 5.92. The third-order valence-corrected chi connectivity index (χ3v) is 9.18. The molecular formula is C27H40N4O2. The van der Waals surface area contributed by atoms with Crippen LogP contribution in [-0.4, -0.2) is 83.4 Å². The Morgan fingerprint density at radius 2 is 1.64 bits per heavy atom. The third-order valence-electron chi connectivity index (χ3n) is 9.18. The average molecular weight is 453 g/mol. The van der Waals surface area contributed by atoms with E-state index in [9.17, 15) is 9.59 Å². The summed E-state index contributed by atoms with van der Waals surface area (Å²) in [6.45, 7) is 5.00. The molecular weight excluding hydrogens is 412 g/mol. The van der Waals surface area contributed by atoms with E-state index < -0.39 is 0 Å². The number of hydrogen-bond acceptors (Lipinski definition) is 3. The highest BCUT2D eigenvalue weighted by Crippen LogP contribution is 2.50. The number of amides is 3. The monoisotopic (exact) mass is 452 g/mol. The highest BCUT2D eigenvalue weighted by Gasteiger charge is 2.56. The molecule has 3 amide bonds. The molecule has 0 N–H and O–H groups in total. The molecule has 1 aromatic carbocycles. The van der Waals surface area contributed by atoms with Gasteiger partial charge in [0.05, 0.1) is 5.54 Å². The number of carbonyl (C=O) groups excluding carboxylic acids is 2. The highest BCUT2D eigenvalue weighted by atomic mass is 16.2. The van der Waals surface area contributed by atoms with E-state index in [2.05, 4.69) is 59.1 Å². The van der Waals surface area contributed by atoms with Crippen molar-refractivity contribution in [3.8, 4) is 0 Å². The number of carbonyl (C=O) groups is 2. The van der Waals surface area contributed by atoms with Crippen molar-refractivity contribution in [2.75, 3.05) is 40.3 Å². The molecule has 0 aromatic heterocycles. The fraction of sp³-hybridized carbons (Fsp3) is 0.704. The average Bonchev–Trinajstić information content (AvgIpc) is 3.62. The van der Waals surface area contributed by atoms with Gasteiger partial charge < -0.3 is 14.7 Å². The Hall–Kier alpha value is -2.08. The Morgan fingerprint density at radius 1 is 1.00 bits per heavy atom. The maximum absolute atomic E-state index is 13.8. The summed E-state index contributed by atoms with van der Waals surface area (Å²) < 4.78 is 0. The zero-order valence-corrected chi connectivity index (χ0v) is 20.6. The molecule has 5 rings (SSSR count). The molecule has 1 aromatic rings. The fourth-order valence-electron chi connectivity index (χ4n) is 6.74. The number of likely N-dealkylation sites (tertiary alicyclic amines) is 1. The second kappa shape index (κ2) is 8.61. The summed E-state index contributed by atoms with van der Waals surface area (Å²) in [4.78, 5) is 34.4. The van der Waals surface area contributed by atoms with Gasteiger partial charge in [0.15, 0.2) is 0 Å². The molecule has 0 atom stereocenters. The highest BCUT2D eigenvalue weighted by molar-refractivity contribution is 5.79. The van der Waals surface area contributed by atoms with Gasteiger partial charge >= 0.3 is 6.03 Å². The molecule has 0 bridgehead atoms. The van der Waals surface area contributed by atoms with E-state index in [-0.39, 0.29) is 29.1 Å². The molecule has 2 saturated heterocycles. The Bertz CT molecular complexity index is 865. The minimum absolute atomic E-state index is 0.0360. The first-order chi connectivity index (χ1) is 15.8. The van der Waals surface area contributed by atoms with Crippen molar-refractivity contribution in [3.63, 3.8) is 0 Å². The quantitative estimate of drug-likeness (QED) is 0.680. The van der Waals surface area contributed by atoms with Crippen molar-refractivity contribution in [1.82, 2.24) is 19.6 Å². The molecule has 2 heterocycles. The zero-order chi connectivity index (χ0) is 23.2. The van der Waals surface area contributed by atoms with Crippen LogP contribution in [0.3, 0.4) is 0 Å². The maximum atomic E-state index is 13.8. The van der Waals surface area contributed by atoms with Crippen LogP contribution in [0.1, 0.15) is 63.9 Å². The van der Waals surface area contributed by atoms with E-state index in [1.807, 2.05) is 4.90 Å². The van der Waals surface area contributed by atoms with Gasteiger partial charge in [0, 0.05) is 44.7 Å². The van der Waals surface area contributed by atoms with E-state index in [1.165, 1.54) is 18.4 Å². The predicted octanol–water partition coefficient (Wildman–Crippen LogP) is 3.91. The maximum Gasteiger partial charge on any atom is 0.320 e. The van der Waals surface area contributed by atoms with Gasteiger partial charge in [-0.3, -0.25) is 9.69 Å². The Morgan fingerprint density at radius 3 is 2.18 bits per heavy atom. The molecule has 1 spiro atoms. The first kappa shape index (κ1) is 22.7. The van der Waals surface area contributed by atoms with Crippen LogP contribution in [0.25, 0.3) is 0 Å². The largest absolute Gasteiger partial charge is 0.343 e. The van der Waals surface area contributed by atoms with Crippen molar-refractivity contribution < 1.29 is 9.59 Å². The Labute approximate surface area is 198 Å². The van der Waals surface area contributed by atoms with Crippen molar-refractivity contribution in [3.05, 3.63) is 35.9 Å². The SMILES string of the molecule is CC(=O)N1CCC(N2C[C@]3(CC[C@](c4ccccc4)(N(C)C)CC3)N(CC3CC3)C2=O)CC1. The van der Waals surface area contributed by atoms with Gasteiger partial charge in [-0.2, -0.15) is 0 Å². The lowest BCUT2D eigenvalue weighted by molar-refractivity contribution is -0.130. The smallest absolute Gasteiger partial charge is 0.320 e. The minimum Gasteiger partial charge on any atom is -0.343 e. The summed E-state index contributed by atoms with van der Waals surface area (Å²) in [6.07, 6.45) is 8.62. The van der Waals surface area contributed by atoms with E-state index in [0.717, 1.165) is 64.7 Å². The molecule has 2 aliphatic heterocycles. The second-order valence-corrected chi connectivity index (χ2v) is 11.2. The Balaban J connectivity index is 1.36. The van der Waals surface area contributed by atoms with Gasteiger partial charge in [-0.15, -0.1) is 0 Å². The summed E-state index contributed by atoms with van der Waals surface area (Å²) in [6, 6.07) is 11.5. The van der Waals surface area contributed by atoms with Gasteiger partial charge in [-0.1, -0.05) is 30.3 Å². The van der Waals surface area contributed by atoms with Gasteiger partial charge in [-0.05, 0) is 76.9 Å². The molecule has 0 unspecified atom stereocenters. The van der Waals surface area contributed by atoms with E-state index in [4.69, 9.17) is 0 Å². The summed E-state index contributed by atoms with van der Waals surface area (Å²) in [5, 5.41) is 0. The van der Waals surface area contributed by atoms with E-state index >= 15 is 0 Å². The van der Waals surface area contributed by atoms with Crippen LogP contribution in [0, 0.1) is 5.92 Å². The first-order valence-corrected chi connectivity index (χ1v) is 12.9. The summed E-state index contributed by atoms with van der Waals surface area (Å²) in [7, 11) is 4.42. The molecule has 2 saturated carbocycles. The minimum atomic E-state index is -0.0360. The van der Waals surface area contributed by atoms with Crippen LogP contribution in [0.2, 0.25) is 0 Å². The van der Waals surface area contributed by atoms with Crippen LogP contribution in [0.5, 0.6) is 0 Å². The van der Waals surface area contributed by atoms with Gasteiger partial charge in [0.1, 0.15) is 0 Å². The summed E-state index contributed by atoms with van der Waals surface area (Å²) in [5.74, 6) is 0.848. The number of rotatable bonds is 5. The lowest BCUT2D eigenvalue weighted by atomic mass is 9.68. The van der Waals surface area contributed by atoms with Gasteiger partial charge in [0.25, 0.3) is 0 Å². The number of piperidine rings is 1. The summed E-state index contributed by atoms with van der Waals surface area (Å²) in [5.41, 5.74) is 1.41. The second-order valence-electron chi connectivity index (χ2n) is 11.2. The molecule has 33 heavy (non-hydrogen) atoms. The topological polar surface area (TPSA) is 47.1 Å². The fourth-order valence-corrected chi connectivity index (χ4v) is 6.74.